The van der Waals surface area contributed by atoms with Gasteiger partial charge in [-0.2, -0.15) is 0 Å². The molecule has 1 aromatic heterocycles. The van der Waals surface area contributed by atoms with E-state index in [-0.39, 0.29) is 11.9 Å². The number of amidine groups is 1. The highest BCUT2D eigenvalue weighted by atomic mass is 16.3. The van der Waals surface area contributed by atoms with Gasteiger partial charge in [0.05, 0.1) is 11.7 Å². The number of nitrogens with two attached hydrogens (primary N) is 1. The van der Waals surface area contributed by atoms with Crippen LogP contribution in [0.15, 0.2) is 12.1 Å². The minimum Gasteiger partial charge on any atom is -0.393 e. The minimum absolute atomic E-state index is 0.0630. The number of hydrogen-bond donors (Lipinski definition) is 3. The summed E-state index contributed by atoms with van der Waals surface area (Å²) in [4.78, 5) is 6.90. The van der Waals surface area contributed by atoms with Crippen molar-refractivity contribution in [3.8, 4) is 0 Å². The van der Waals surface area contributed by atoms with E-state index in [0.29, 0.717) is 17.6 Å². The Morgan fingerprint density at radius 3 is 2.58 bits per heavy atom. The largest absolute Gasteiger partial charge is 0.393 e. The van der Waals surface area contributed by atoms with E-state index in [0.717, 1.165) is 37.2 Å². The summed E-state index contributed by atoms with van der Waals surface area (Å²) in [5.74, 6) is 0.889. The molecule has 2 unspecified atom stereocenters. The summed E-state index contributed by atoms with van der Waals surface area (Å²) in [6.45, 7) is 1.95. The maximum atomic E-state index is 9.87. The van der Waals surface area contributed by atoms with E-state index < -0.39 is 0 Å². The van der Waals surface area contributed by atoms with Gasteiger partial charge in [-0.25, -0.2) is 4.98 Å². The Bertz CT molecular complexity index is 502. The lowest BCUT2D eigenvalue weighted by atomic mass is 9.99. The lowest BCUT2D eigenvalue weighted by Gasteiger charge is -2.39. The number of pyridine rings is 1. The number of aliphatic hydroxyl groups excluding tert-OH is 1. The van der Waals surface area contributed by atoms with Crippen molar-refractivity contribution in [2.24, 2.45) is 5.73 Å². The number of fused-ring (bicyclic) bond motifs is 2. The molecule has 0 aromatic carbocycles. The van der Waals surface area contributed by atoms with E-state index in [2.05, 4.69) is 9.88 Å². The van der Waals surface area contributed by atoms with Gasteiger partial charge in [0.1, 0.15) is 11.7 Å². The molecule has 3 heterocycles. The third-order valence-electron chi connectivity index (χ3n) is 4.26. The van der Waals surface area contributed by atoms with E-state index in [1.807, 2.05) is 19.1 Å². The molecule has 0 amide bonds. The zero-order valence-electron chi connectivity index (χ0n) is 11.1. The molecule has 3 rings (SSSR count). The fourth-order valence-electron chi connectivity index (χ4n) is 3.44. The second-order valence-corrected chi connectivity index (χ2v) is 5.65. The molecule has 2 bridgehead atoms. The number of piperidine rings is 1. The molecule has 2 aliphatic rings. The molecule has 5 nitrogen and oxygen atoms in total. The molecule has 2 saturated heterocycles. The van der Waals surface area contributed by atoms with Gasteiger partial charge in [-0.15, -0.1) is 0 Å². The molecular weight excluding hydrogens is 240 g/mol. The summed E-state index contributed by atoms with van der Waals surface area (Å²) in [6, 6.07) is 4.44. The van der Waals surface area contributed by atoms with Crippen LogP contribution < -0.4 is 10.6 Å². The molecule has 0 saturated carbocycles. The van der Waals surface area contributed by atoms with Crippen molar-refractivity contribution in [3.63, 3.8) is 0 Å². The Labute approximate surface area is 113 Å². The highest BCUT2D eigenvalue weighted by Crippen LogP contribution is 2.39. The summed E-state index contributed by atoms with van der Waals surface area (Å²) >= 11 is 0. The lowest BCUT2D eigenvalue weighted by molar-refractivity contribution is 0.126. The first-order valence-electron chi connectivity index (χ1n) is 6.84. The van der Waals surface area contributed by atoms with Crippen LogP contribution >= 0.6 is 0 Å². The maximum absolute atomic E-state index is 9.87. The number of aryl methyl sites for hydroxylation is 1. The Morgan fingerprint density at radius 1 is 1.37 bits per heavy atom. The lowest BCUT2D eigenvalue weighted by Crippen LogP contribution is -2.46. The second-order valence-electron chi connectivity index (χ2n) is 5.65. The van der Waals surface area contributed by atoms with E-state index in [1.54, 1.807) is 0 Å². The highest BCUT2D eigenvalue weighted by Gasteiger charge is 2.41. The third kappa shape index (κ3) is 2.08. The van der Waals surface area contributed by atoms with Crippen LogP contribution in [0.5, 0.6) is 0 Å². The SMILES string of the molecule is Cc1ccc(C(=N)N)c(N2C3CCC2CC(O)C3)n1. The van der Waals surface area contributed by atoms with Crippen LogP contribution in [0.3, 0.4) is 0 Å². The van der Waals surface area contributed by atoms with Crippen LogP contribution in [0.1, 0.15) is 36.9 Å². The van der Waals surface area contributed by atoms with Crippen molar-refractivity contribution in [2.75, 3.05) is 4.90 Å². The number of aromatic nitrogens is 1. The van der Waals surface area contributed by atoms with Crippen LogP contribution in [-0.4, -0.2) is 34.1 Å². The summed E-state index contributed by atoms with van der Waals surface area (Å²) in [6.07, 6.45) is 3.58. The number of nitrogens with zero attached hydrogens (tertiary/aromatic N) is 2. The Morgan fingerprint density at radius 2 is 2.00 bits per heavy atom. The van der Waals surface area contributed by atoms with Crippen molar-refractivity contribution in [3.05, 3.63) is 23.4 Å². The molecular formula is C14H20N4O. The van der Waals surface area contributed by atoms with Gasteiger partial charge in [-0.3, -0.25) is 5.41 Å². The van der Waals surface area contributed by atoms with Gasteiger partial charge in [0.15, 0.2) is 0 Å². The van der Waals surface area contributed by atoms with Gasteiger partial charge in [0.2, 0.25) is 0 Å². The average molecular weight is 260 g/mol. The van der Waals surface area contributed by atoms with Crippen molar-refractivity contribution in [1.82, 2.24) is 4.98 Å². The van der Waals surface area contributed by atoms with Gasteiger partial charge >= 0.3 is 0 Å². The first-order valence-corrected chi connectivity index (χ1v) is 6.84. The predicted octanol–water partition coefficient (Wildman–Crippen LogP) is 1.17. The average Bonchev–Trinajstić information content (AvgIpc) is 2.61. The normalized spacial score (nSPS) is 29.6. The molecule has 102 valence electrons. The van der Waals surface area contributed by atoms with Gasteiger partial charge in [0.25, 0.3) is 0 Å². The standard InChI is InChI=1S/C14H20N4O/c1-8-2-5-12(13(15)16)14(17-8)18-9-3-4-10(18)7-11(19)6-9/h2,5,9-11,19H,3-4,6-7H2,1H3,(H3,15,16). The van der Waals surface area contributed by atoms with Crippen LogP contribution in [-0.2, 0) is 0 Å². The molecule has 19 heavy (non-hydrogen) atoms. The van der Waals surface area contributed by atoms with Gasteiger partial charge in [0, 0.05) is 17.8 Å². The predicted molar refractivity (Wildman–Crippen MR) is 74.5 cm³/mol. The Kier molecular flexibility index (Phi) is 2.93. The van der Waals surface area contributed by atoms with Crippen LogP contribution in [0, 0.1) is 12.3 Å². The minimum atomic E-state index is -0.195. The smallest absolute Gasteiger partial charge is 0.140 e. The quantitative estimate of drug-likeness (QED) is 0.550. The fourth-order valence-corrected chi connectivity index (χ4v) is 3.44. The molecule has 0 radical (unpaired) electrons. The molecule has 0 spiro atoms. The number of anilines is 1. The molecule has 0 aliphatic carbocycles. The van der Waals surface area contributed by atoms with Crippen molar-refractivity contribution < 1.29 is 5.11 Å². The molecule has 5 heteroatoms. The van der Waals surface area contributed by atoms with Crippen LogP contribution in [0.25, 0.3) is 0 Å². The third-order valence-corrected chi connectivity index (χ3v) is 4.26. The molecule has 2 atom stereocenters. The highest BCUT2D eigenvalue weighted by molar-refractivity contribution is 5.99. The summed E-state index contributed by atoms with van der Waals surface area (Å²) in [5, 5.41) is 17.6. The number of nitrogens with one attached hydrogen (secondary N) is 1. The number of hydrogen-bond acceptors (Lipinski definition) is 4. The number of nitrogen functional groups attached to an aromatic ring is 1. The fraction of sp³-hybridized carbons (Fsp3) is 0.571. The zero-order valence-corrected chi connectivity index (χ0v) is 11.1. The summed E-state index contributed by atoms with van der Waals surface area (Å²) in [7, 11) is 0. The topological polar surface area (TPSA) is 86.2 Å². The Hall–Kier alpha value is -1.62. The monoisotopic (exact) mass is 260 g/mol. The molecule has 2 fully saturated rings. The van der Waals surface area contributed by atoms with E-state index >= 15 is 0 Å². The summed E-state index contributed by atoms with van der Waals surface area (Å²) < 4.78 is 0. The van der Waals surface area contributed by atoms with E-state index in [9.17, 15) is 5.11 Å². The Balaban J connectivity index is 2.03. The van der Waals surface area contributed by atoms with Crippen LogP contribution in [0.2, 0.25) is 0 Å². The van der Waals surface area contributed by atoms with Crippen molar-refractivity contribution >= 4 is 11.7 Å². The first kappa shape index (κ1) is 12.4. The van der Waals surface area contributed by atoms with Gasteiger partial charge < -0.3 is 15.7 Å². The van der Waals surface area contributed by atoms with Gasteiger partial charge in [-0.1, -0.05) is 0 Å². The van der Waals surface area contributed by atoms with E-state index in [1.165, 1.54) is 0 Å². The van der Waals surface area contributed by atoms with Crippen LogP contribution in [0.4, 0.5) is 5.82 Å². The van der Waals surface area contributed by atoms with Crippen molar-refractivity contribution in [1.29, 1.82) is 5.41 Å². The maximum Gasteiger partial charge on any atom is 0.140 e. The summed E-state index contributed by atoms with van der Waals surface area (Å²) in [5.41, 5.74) is 7.32. The van der Waals surface area contributed by atoms with Crippen molar-refractivity contribution in [2.45, 2.75) is 50.8 Å². The second kappa shape index (κ2) is 4.49. The number of rotatable bonds is 2. The van der Waals surface area contributed by atoms with E-state index in [4.69, 9.17) is 11.1 Å². The molecule has 2 aliphatic heterocycles. The van der Waals surface area contributed by atoms with Gasteiger partial charge in [-0.05, 0) is 44.7 Å². The molecule has 1 aromatic rings. The molecule has 4 N–H and O–H groups in total. The zero-order chi connectivity index (χ0) is 13.6. The first-order chi connectivity index (χ1) is 9.06. The number of aliphatic hydroxyl groups is 1.